The number of benzene rings is 1. The molecule has 4 rings (SSSR count). The van der Waals surface area contributed by atoms with Gasteiger partial charge in [-0.05, 0) is 37.6 Å². The zero-order chi connectivity index (χ0) is 17.4. The molecule has 3 aromatic rings. The molecule has 1 saturated heterocycles. The van der Waals surface area contributed by atoms with Gasteiger partial charge in [-0.15, -0.1) is 0 Å². The molecular formula is C19H21FN4O. The first-order valence-corrected chi connectivity index (χ1v) is 8.51. The number of halogens is 1. The Balaban J connectivity index is 1.58. The van der Waals surface area contributed by atoms with Gasteiger partial charge in [0.15, 0.2) is 0 Å². The number of rotatable bonds is 4. The molecule has 0 saturated carbocycles. The molecule has 0 spiro atoms. The van der Waals surface area contributed by atoms with E-state index >= 15 is 0 Å². The van der Waals surface area contributed by atoms with Crippen molar-refractivity contribution in [2.75, 3.05) is 18.5 Å². The zero-order valence-electron chi connectivity index (χ0n) is 14.4. The number of pyridine rings is 1. The first kappa shape index (κ1) is 16.0. The molecule has 1 N–H and O–H groups in total. The summed E-state index contributed by atoms with van der Waals surface area (Å²) in [7, 11) is 1.98. The van der Waals surface area contributed by atoms with Crippen LogP contribution in [0.5, 0.6) is 0 Å². The summed E-state index contributed by atoms with van der Waals surface area (Å²) >= 11 is 0. The lowest BCUT2D eigenvalue weighted by Gasteiger charge is -2.20. The molecule has 2 aromatic heterocycles. The van der Waals surface area contributed by atoms with E-state index in [2.05, 4.69) is 15.3 Å². The second kappa shape index (κ2) is 6.44. The van der Waals surface area contributed by atoms with E-state index in [0.29, 0.717) is 5.92 Å². The first-order chi connectivity index (χ1) is 12.1. The Morgan fingerprint density at radius 2 is 2.24 bits per heavy atom. The summed E-state index contributed by atoms with van der Waals surface area (Å²) in [5.41, 5.74) is 2.62. The van der Waals surface area contributed by atoms with E-state index in [-0.39, 0.29) is 11.9 Å². The molecule has 25 heavy (non-hydrogen) atoms. The van der Waals surface area contributed by atoms with Gasteiger partial charge in [0.1, 0.15) is 17.7 Å². The third kappa shape index (κ3) is 3.09. The van der Waals surface area contributed by atoms with Crippen LogP contribution in [0, 0.1) is 18.7 Å². The lowest BCUT2D eigenvalue weighted by molar-refractivity contribution is 0.0839. The van der Waals surface area contributed by atoms with Crippen molar-refractivity contribution in [3.63, 3.8) is 0 Å². The Labute approximate surface area is 145 Å². The minimum atomic E-state index is -0.253. The SMILES string of the molecule is Cc1cc(NC[C@@H]2CCO[C@H]2c2nccn2C)c2cc(F)ccc2n1. The highest BCUT2D eigenvalue weighted by Crippen LogP contribution is 2.34. The van der Waals surface area contributed by atoms with Gasteiger partial charge < -0.3 is 14.6 Å². The van der Waals surface area contributed by atoms with E-state index in [4.69, 9.17) is 4.74 Å². The third-order valence-electron chi connectivity index (χ3n) is 4.78. The molecule has 0 radical (unpaired) electrons. The summed E-state index contributed by atoms with van der Waals surface area (Å²) in [6.07, 6.45) is 4.69. The highest BCUT2D eigenvalue weighted by Gasteiger charge is 2.32. The van der Waals surface area contributed by atoms with Crippen LogP contribution in [0.25, 0.3) is 10.9 Å². The van der Waals surface area contributed by atoms with Gasteiger partial charge in [0.25, 0.3) is 0 Å². The van der Waals surface area contributed by atoms with E-state index in [1.807, 2.05) is 30.8 Å². The lowest BCUT2D eigenvalue weighted by Crippen LogP contribution is -2.20. The van der Waals surface area contributed by atoms with Crippen LogP contribution in [0.1, 0.15) is 24.0 Å². The lowest BCUT2D eigenvalue weighted by atomic mass is 10.0. The fourth-order valence-electron chi connectivity index (χ4n) is 3.50. The molecule has 2 atom stereocenters. The molecule has 5 nitrogen and oxygen atoms in total. The Kier molecular flexibility index (Phi) is 4.13. The first-order valence-electron chi connectivity index (χ1n) is 8.51. The Morgan fingerprint density at radius 3 is 3.04 bits per heavy atom. The van der Waals surface area contributed by atoms with Gasteiger partial charge in [0.2, 0.25) is 0 Å². The van der Waals surface area contributed by atoms with Crippen molar-refractivity contribution in [2.24, 2.45) is 13.0 Å². The molecule has 6 heteroatoms. The second-order valence-electron chi connectivity index (χ2n) is 6.59. The molecule has 0 amide bonds. The van der Waals surface area contributed by atoms with Crippen LogP contribution in [0.4, 0.5) is 10.1 Å². The van der Waals surface area contributed by atoms with E-state index in [9.17, 15) is 4.39 Å². The van der Waals surface area contributed by atoms with Crippen molar-refractivity contribution < 1.29 is 9.13 Å². The zero-order valence-corrected chi connectivity index (χ0v) is 14.4. The minimum absolute atomic E-state index is 0.0153. The minimum Gasteiger partial charge on any atom is -0.384 e. The van der Waals surface area contributed by atoms with Crippen molar-refractivity contribution in [1.82, 2.24) is 14.5 Å². The summed E-state index contributed by atoms with van der Waals surface area (Å²) in [5, 5.41) is 4.29. The molecule has 1 fully saturated rings. The molecule has 3 heterocycles. The number of nitrogens with one attached hydrogen (secondary N) is 1. The summed E-state index contributed by atoms with van der Waals surface area (Å²) in [6.45, 7) is 3.42. The normalized spacial score (nSPS) is 20.3. The molecule has 1 aliphatic heterocycles. The van der Waals surface area contributed by atoms with Gasteiger partial charge in [0.05, 0.1) is 5.52 Å². The van der Waals surface area contributed by atoms with Gasteiger partial charge in [-0.2, -0.15) is 0 Å². The van der Waals surface area contributed by atoms with Crippen LogP contribution in [0.3, 0.4) is 0 Å². The summed E-state index contributed by atoms with van der Waals surface area (Å²) in [5.74, 6) is 1.01. The predicted molar refractivity (Wildman–Crippen MR) is 94.9 cm³/mol. The van der Waals surface area contributed by atoms with Crippen LogP contribution in [0.2, 0.25) is 0 Å². The van der Waals surface area contributed by atoms with Crippen molar-refractivity contribution in [1.29, 1.82) is 0 Å². The monoisotopic (exact) mass is 340 g/mol. The van der Waals surface area contributed by atoms with E-state index in [1.165, 1.54) is 12.1 Å². The fourth-order valence-corrected chi connectivity index (χ4v) is 3.50. The maximum absolute atomic E-state index is 13.7. The van der Waals surface area contributed by atoms with Gasteiger partial charge in [-0.25, -0.2) is 9.37 Å². The second-order valence-corrected chi connectivity index (χ2v) is 6.59. The maximum atomic E-state index is 13.7. The number of nitrogens with zero attached hydrogens (tertiary/aromatic N) is 3. The Hall–Kier alpha value is -2.47. The number of hydrogen-bond acceptors (Lipinski definition) is 4. The van der Waals surface area contributed by atoms with E-state index in [0.717, 1.165) is 47.7 Å². The fraction of sp³-hybridized carbons (Fsp3) is 0.368. The highest BCUT2D eigenvalue weighted by atomic mass is 19.1. The van der Waals surface area contributed by atoms with Crippen LogP contribution in [-0.4, -0.2) is 27.7 Å². The van der Waals surface area contributed by atoms with Crippen molar-refractivity contribution in [2.45, 2.75) is 19.4 Å². The molecule has 0 aliphatic carbocycles. The number of hydrogen-bond donors (Lipinski definition) is 1. The average molecular weight is 340 g/mol. The van der Waals surface area contributed by atoms with Crippen molar-refractivity contribution >= 4 is 16.6 Å². The largest absolute Gasteiger partial charge is 0.384 e. The molecule has 130 valence electrons. The van der Waals surface area contributed by atoms with E-state index < -0.39 is 0 Å². The molecule has 0 bridgehead atoms. The summed E-state index contributed by atoms with van der Waals surface area (Å²) in [6, 6.07) is 6.66. The van der Waals surface area contributed by atoms with Gasteiger partial charge in [-0.3, -0.25) is 4.98 Å². The van der Waals surface area contributed by atoms with Crippen LogP contribution < -0.4 is 5.32 Å². The smallest absolute Gasteiger partial charge is 0.138 e. The van der Waals surface area contributed by atoms with Crippen LogP contribution in [-0.2, 0) is 11.8 Å². The number of imidazole rings is 1. The number of fused-ring (bicyclic) bond motifs is 1. The Morgan fingerprint density at radius 1 is 1.36 bits per heavy atom. The topological polar surface area (TPSA) is 52.0 Å². The molecular weight excluding hydrogens is 319 g/mol. The van der Waals surface area contributed by atoms with Crippen molar-refractivity contribution in [3.8, 4) is 0 Å². The van der Waals surface area contributed by atoms with Gasteiger partial charge >= 0.3 is 0 Å². The average Bonchev–Trinajstić information content (AvgIpc) is 3.21. The van der Waals surface area contributed by atoms with Gasteiger partial charge in [-0.1, -0.05) is 0 Å². The number of anilines is 1. The quantitative estimate of drug-likeness (QED) is 0.788. The molecule has 1 aromatic carbocycles. The van der Waals surface area contributed by atoms with Crippen molar-refractivity contribution in [3.05, 3.63) is 54.0 Å². The maximum Gasteiger partial charge on any atom is 0.138 e. The van der Waals surface area contributed by atoms with Gasteiger partial charge in [0, 0.05) is 55.3 Å². The number of aromatic nitrogens is 3. The highest BCUT2D eigenvalue weighted by molar-refractivity contribution is 5.91. The predicted octanol–water partition coefficient (Wildman–Crippen LogP) is 3.61. The Bertz CT molecular complexity index is 908. The third-order valence-corrected chi connectivity index (χ3v) is 4.78. The molecule has 0 unspecified atom stereocenters. The van der Waals surface area contributed by atoms with Crippen LogP contribution >= 0.6 is 0 Å². The van der Waals surface area contributed by atoms with Crippen LogP contribution in [0.15, 0.2) is 36.7 Å². The molecule has 1 aliphatic rings. The summed E-state index contributed by atoms with van der Waals surface area (Å²) in [4.78, 5) is 8.91. The standard InChI is InChI=1S/C19H21FN4O/c1-12-9-17(15-10-14(20)3-4-16(15)23-12)22-11-13-5-8-25-18(13)19-21-6-7-24(19)2/h3-4,6-7,9-10,13,18H,5,8,11H2,1-2H3,(H,22,23)/t13-,18+/m0/s1. The van der Waals surface area contributed by atoms with E-state index in [1.54, 1.807) is 12.3 Å². The number of aryl methyl sites for hydroxylation is 2. The number of ether oxygens (including phenoxy) is 1. The summed E-state index contributed by atoms with van der Waals surface area (Å²) < 4.78 is 21.6.